The number of aromatic nitrogens is 1. The van der Waals surface area contributed by atoms with Crippen LogP contribution in [0.25, 0.3) is 0 Å². The highest BCUT2D eigenvalue weighted by molar-refractivity contribution is 7.99. The van der Waals surface area contributed by atoms with Gasteiger partial charge in [-0.2, -0.15) is 0 Å². The molecule has 0 spiro atoms. The quantitative estimate of drug-likeness (QED) is 0.910. The van der Waals surface area contributed by atoms with Crippen molar-refractivity contribution in [2.24, 2.45) is 0 Å². The van der Waals surface area contributed by atoms with Crippen LogP contribution in [-0.2, 0) is 10.5 Å². The summed E-state index contributed by atoms with van der Waals surface area (Å²) >= 11 is 7.46. The van der Waals surface area contributed by atoms with Gasteiger partial charge in [-0.3, -0.25) is 4.79 Å². The molecule has 2 rings (SSSR count). The number of anilines is 1. The van der Waals surface area contributed by atoms with Gasteiger partial charge in [0.25, 0.3) is 0 Å². The molecule has 20 heavy (non-hydrogen) atoms. The first kappa shape index (κ1) is 14.9. The second-order valence-corrected chi connectivity index (χ2v) is 5.76. The van der Waals surface area contributed by atoms with Crippen LogP contribution < -0.4 is 5.32 Å². The number of thioether (sulfide) groups is 1. The van der Waals surface area contributed by atoms with Gasteiger partial charge < -0.3 is 5.32 Å². The fourth-order valence-electron chi connectivity index (χ4n) is 1.68. The minimum atomic E-state index is -0.0462. The Balaban J connectivity index is 1.78. The van der Waals surface area contributed by atoms with Gasteiger partial charge in [0.1, 0.15) is 5.82 Å². The van der Waals surface area contributed by atoms with E-state index in [1.807, 2.05) is 43.3 Å². The third kappa shape index (κ3) is 4.87. The Morgan fingerprint density at radius 1 is 1.30 bits per heavy atom. The molecule has 0 unspecified atom stereocenters. The average Bonchev–Trinajstić information content (AvgIpc) is 2.38. The molecule has 1 amide bonds. The number of carbonyl (C=O) groups is 1. The Morgan fingerprint density at radius 3 is 2.85 bits per heavy atom. The highest BCUT2D eigenvalue weighted by Crippen LogP contribution is 2.16. The minimum Gasteiger partial charge on any atom is -0.310 e. The summed E-state index contributed by atoms with van der Waals surface area (Å²) in [5, 5.41) is 3.50. The number of halogens is 1. The summed E-state index contributed by atoms with van der Waals surface area (Å²) in [6.07, 6.45) is 0. The minimum absolute atomic E-state index is 0.0462. The van der Waals surface area contributed by atoms with Gasteiger partial charge in [0.05, 0.1) is 5.75 Å². The first-order valence-electron chi connectivity index (χ1n) is 6.19. The number of nitrogens with zero attached hydrogens (tertiary/aromatic N) is 1. The number of pyridine rings is 1. The SMILES string of the molecule is Cc1cccc(NC(=O)CSCc2cccc(Cl)c2)n1. The smallest absolute Gasteiger partial charge is 0.235 e. The molecule has 0 saturated heterocycles. The number of hydrogen-bond donors (Lipinski definition) is 1. The van der Waals surface area contributed by atoms with Gasteiger partial charge in [0, 0.05) is 16.5 Å². The Morgan fingerprint density at radius 2 is 2.10 bits per heavy atom. The van der Waals surface area contributed by atoms with Gasteiger partial charge in [0.2, 0.25) is 5.91 Å². The van der Waals surface area contributed by atoms with E-state index < -0.39 is 0 Å². The standard InChI is InChI=1S/C15H15ClN2OS/c1-11-4-2-7-14(17-11)18-15(19)10-20-9-12-5-3-6-13(16)8-12/h2-8H,9-10H2,1H3,(H,17,18,19). The maximum Gasteiger partial charge on any atom is 0.235 e. The van der Waals surface area contributed by atoms with Crippen LogP contribution in [0.1, 0.15) is 11.3 Å². The van der Waals surface area contributed by atoms with Crippen LogP contribution in [-0.4, -0.2) is 16.6 Å². The largest absolute Gasteiger partial charge is 0.310 e. The van der Waals surface area contributed by atoms with Crippen molar-refractivity contribution in [3.63, 3.8) is 0 Å². The predicted molar refractivity (Wildman–Crippen MR) is 85.2 cm³/mol. The molecule has 0 atom stereocenters. The van der Waals surface area contributed by atoms with Crippen molar-refractivity contribution in [1.82, 2.24) is 4.98 Å². The molecule has 0 aliphatic heterocycles. The summed E-state index contributed by atoms with van der Waals surface area (Å²) in [6, 6.07) is 13.2. The monoisotopic (exact) mass is 306 g/mol. The van der Waals surface area contributed by atoms with Crippen LogP contribution in [0.2, 0.25) is 5.02 Å². The number of carbonyl (C=O) groups excluding carboxylic acids is 1. The van der Waals surface area contributed by atoms with Crippen LogP contribution >= 0.6 is 23.4 Å². The van der Waals surface area contributed by atoms with E-state index in [2.05, 4.69) is 10.3 Å². The van der Waals surface area contributed by atoms with Gasteiger partial charge in [-0.15, -0.1) is 11.8 Å². The summed E-state index contributed by atoms with van der Waals surface area (Å²) in [4.78, 5) is 16.0. The van der Waals surface area contributed by atoms with Gasteiger partial charge >= 0.3 is 0 Å². The second kappa shape index (κ2) is 7.31. The van der Waals surface area contributed by atoms with Crippen LogP contribution in [0.3, 0.4) is 0 Å². The van der Waals surface area contributed by atoms with E-state index in [0.717, 1.165) is 22.0 Å². The molecule has 104 valence electrons. The molecule has 5 heteroatoms. The number of nitrogens with one attached hydrogen (secondary N) is 1. The van der Waals surface area contributed by atoms with Crippen LogP contribution in [0.5, 0.6) is 0 Å². The molecule has 2 aromatic rings. The Labute approximate surface area is 127 Å². The molecule has 0 radical (unpaired) electrons. The second-order valence-electron chi connectivity index (χ2n) is 4.34. The topological polar surface area (TPSA) is 42.0 Å². The van der Waals surface area contributed by atoms with Crippen molar-refractivity contribution in [3.05, 3.63) is 58.7 Å². The molecule has 0 aliphatic carbocycles. The third-order valence-corrected chi connectivity index (χ3v) is 3.79. The normalized spacial score (nSPS) is 10.3. The molecule has 1 N–H and O–H groups in total. The zero-order valence-electron chi connectivity index (χ0n) is 11.1. The molecule has 0 fully saturated rings. The summed E-state index contributed by atoms with van der Waals surface area (Å²) in [5.74, 6) is 1.70. The highest BCUT2D eigenvalue weighted by atomic mass is 35.5. The lowest BCUT2D eigenvalue weighted by molar-refractivity contribution is -0.113. The molecular formula is C15H15ClN2OS. The molecule has 1 aromatic carbocycles. The zero-order chi connectivity index (χ0) is 14.4. The molecule has 0 saturated carbocycles. The van der Waals surface area contributed by atoms with E-state index in [-0.39, 0.29) is 5.91 Å². The zero-order valence-corrected chi connectivity index (χ0v) is 12.7. The molecule has 1 heterocycles. The van der Waals surface area contributed by atoms with Gasteiger partial charge in [-0.05, 0) is 36.8 Å². The third-order valence-electron chi connectivity index (χ3n) is 2.55. The van der Waals surface area contributed by atoms with Crippen LogP contribution in [0.4, 0.5) is 5.82 Å². The first-order valence-corrected chi connectivity index (χ1v) is 7.72. The molecular weight excluding hydrogens is 292 g/mol. The molecule has 0 bridgehead atoms. The highest BCUT2D eigenvalue weighted by Gasteiger charge is 2.04. The van der Waals surface area contributed by atoms with Crippen molar-refractivity contribution in [2.45, 2.75) is 12.7 Å². The van der Waals surface area contributed by atoms with Crippen molar-refractivity contribution in [1.29, 1.82) is 0 Å². The van der Waals surface area contributed by atoms with E-state index >= 15 is 0 Å². The Hall–Kier alpha value is -1.52. The van der Waals surface area contributed by atoms with Crippen molar-refractivity contribution < 1.29 is 4.79 Å². The van der Waals surface area contributed by atoms with Gasteiger partial charge in [0.15, 0.2) is 0 Å². The van der Waals surface area contributed by atoms with E-state index in [1.165, 1.54) is 0 Å². The maximum absolute atomic E-state index is 11.8. The van der Waals surface area contributed by atoms with E-state index in [0.29, 0.717) is 11.6 Å². The summed E-state index contributed by atoms with van der Waals surface area (Å²) in [7, 11) is 0. The summed E-state index contributed by atoms with van der Waals surface area (Å²) in [5.41, 5.74) is 2.00. The van der Waals surface area contributed by atoms with Crippen LogP contribution in [0.15, 0.2) is 42.5 Å². The van der Waals surface area contributed by atoms with Crippen molar-refractivity contribution in [3.8, 4) is 0 Å². The number of hydrogen-bond acceptors (Lipinski definition) is 3. The molecule has 1 aromatic heterocycles. The number of amides is 1. The Bertz CT molecular complexity index is 604. The average molecular weight is 307 g/mol. The van der Waals surface area contributed by atoms with Crippen molar-refractivity contribution in [2.75, 3.05) is 11.1 Å². The number of rotatable bonds is 5. The van der Waals surface area contributed by atoms with E-state index in [1.54, 1.807) is 17.8 Å². The lowest BCUT2D eigenvalue weighted by Crippen LogP contribution is -2.15. The van der Waals surface area contributed by atoms with Gasteiger partial charge in [-0.1, -0.05) is 29.8 Å². The molecule has 3 nitrogen and oxygen atoms in total. The van der Waals surface area contributed by atoms with Crippen molar-refractivity contribution >= 4 is 35.1 Å². The van der Waals surface area contributed by atoms with E-state index in [4.69, 9.17) is 11.6 Å². The summed E-state index contributed by atoms with van der Waals surface area (Å²) < 4.78 is 0. The number of aryl methyl sites for hydroxylation is 1. The lowest BCUT2D eigenvalue weighted by atomic mass is 10.2. The fourth-order valence-corrected chi connectivity index (χ4v) is 2.67. The first-order chi connectivity index (χ1) is 9.63. The Kier molecular flexibility index (Phi) is 5.44. The van der Waals surface area contributed by atoms with E-state index in [9.17, 15) is 4.79 Å². The fraction of sp³-hybridized carbons (Fsp3) is 0.200. The summed E-state index contributed by atoms with van der Waals surface area (Å²) in [6.45, 7) is 1.89. The lowest BCUT2D eigenvalue weighted by Gasteiger charge is -2.05. The van der Waals surface area contributed by atoms with Gasteiger partial charge in [-0.25, -0.2) is 4.98 Å². The number of benzene rings is 1. The predicted octanol–water partition coefficient (Wildman–Crippen LogP) is 3.92. The van der Waals surface area contributed by atoms with Crippen LogP contribution in [0, 0.1) is 6.92 Å². The maximum atomic E-state index is 11.8. The molecule has 0 aliphatic rings.